The zero-order valence-electron chi connectivity index (χ0n) is 16.3. The summed E-state index contributed by atoms with van der Waals surface area (Å²) in [5, 5.41) is 13.2. The summed E-state index contributed by atoms with van der Waals surface area (Å²) < 4.78 is 6.71. The Morgan fingerprint density at radius 1 is 1.13 bits per heavy atom. The van der Waals surface area contributed by atoms with Crippen LogP contribution >= 0.6 is 46.5 Å². The quantitative estimate of drug-likeness (QED) is 0.261. The molecule has 1 heterocycles. The molecule has 3 rings (SSSR count). The van der Waals surface area contributed by atoms with Crippen molar-refractivity contribution in [3.63, 3.8) is 0 Å². The Morgan fingerprint density at radius 2 is 1.83 bits per heavy atom. The van der Waals surface area contributed by atoms with Crippen LogP contribution in [-0.2, 0) is 10.5 Å². The Kier molecular flexibility index (Phi) is 8.56. The number of ether oxygens (including phenoxy) is 1. The first-order chi connectivity index (χ1) is 14.5. The number of halogens is 1. The Labute approximate surface area is 192 Å². The van der Waals surface area contributed by atoms with Gasteiger partial charge in [-0.1, -0.05) is 64.7 Å². The molecule has 0 saturated carbocycles. The molecule has 1 amide bonds. The Morgan fingerprint density at radius 3 is 2.53 bits per heavy atom. The standard InChI is InChI=1S/C20H19ClN4O2S3/c1-13(14-7-9-16(27-2)10-8-14)22-23-18(26)12-29-20-25-24-19(30-20)28-11-15-5-3-4-6-17(15)21/h3-10H,11-12H2,1-2H3,(H,23,26)/b22-13-. The van der Waals surface area contributed by atoms with Gasteiger partial charge in [-0.05, 0) is 48.4 Å². The topological polar surface area (TPSA) is 76.5 Å². The summed E-state index contributed by atoms with van der Waals surface area (Å²) in [7, 11) is 1.62. The average molecular weight is 479 g/mol. The Balaban J connectivity index is 1.45. The number of aromatic nitrogens is 2. The first-order valence-corrected chi connectivity index (χ1v) is 12.0. The monoisotopic (exact) mass is 478 g/mol. The molecule has 0 bridgehead atoms. The molecule has 30 heavy (non-hydrogen) atoms. The molecule has 0 aliphatic carbocycles. The van der Waals surface area contributed by atoms with E-state index in [0.717, 1.165) is 36.3 Å². The normalized spacial score (nSPS) is 11.4. The zero-order chi connectivity index (χ0) is 21.3. The van der Waals surface area contributed by atoms with Gasteiger partial charge >= 0.3 is 0 Å². The number of nitrogens with zero attached hydrogens (tertiary/aromatic N) is 3. The van der Waals surface area contributed by atoms with Gasteiger partial charge < -0.3 is 4.74 Å². The molecule has 0 saturated heterocycles. The number of thioether (sulfide) groups is 2. The molecule has 1 aromatic heterocycles. The van der Waals surface area contributed by atoms with Crippen LogP contribution in [0, 0.1) is 0 Å². The number of methoxy groups -OCH3 is 1. The number of nitrogens with one attached hydrogen (secondary N) is 1. The van der Waals surface area contributed by atoms with Gasteiger partial charge in [0.25, 0.3) is 5.91 Å². The van der Waals surface area contributed by atoms with E-state index in [9.17, 15) is 4.79 Å². The molecule has 0 aliphatic heterocycles. The summed E-state index contributed by atoms with van der Waals surface area (Å²) in [5.41, 5.74) is 5.25. The van der Waals surface area contributed by atoms with E-state index in [1.807, 2.05) is 55.5 Å². The predicted octanol–water partition coefficient (Wildman–Crippen LogP) is 5.12. The van der Waals surface area contributed by atoms with E-state index in [4.69, 9.17) is 16.3 Å². The first kappa shape index (κ1) is 22.6. The highest BCUT2D eigenvalue weighted by Gasteiger charge is 2.10. The fourth-order valence-corrected chi connectivity index (χ4v) is 5.37. The summed E-state index contributed by atoms with van der Waals surface area (Å²) in [4.78, 5) is 12.1. The van der Waals surface area contributed by atoms with Crippen molar-refractivity contribution >= 4 is 58.1 Å². The van der Waals surface area contributed by atoms with Gasteiger partial charge in [-0.15, -0.1) is 10.2 Å². The molecule has 6 nitrogen and oxygen atoms in total. The summed E-state index contributed by atoms with van der Waals surface area (Å²) in [6.45, 7) is 1.84. The van der Waals surface area contributed by atoms with Crippen molar-refractivity contribution in [3.8, 4) is 5.75 Å². The molecule has 2 aromatic carbocycles. The van der Waals surface area contributed by atoms with E-state index in [1.54, 1.807) is 18.9 Å². The minimum absolute atomic E-state index is 0.201. The van der Waals surface area contributed by atoms with Crippen molar-refractivity contribution in [1.82, 2.24) is 15.6 Å². The maximum Gasteiger partial charge on any atom is 0.250 e. The van der Waals surface area contributed by atoms with E-state index in [0.29, 0.717) is 5.71 Å². The molecule has 0 fully saturated rings. The highest BCUT2D eigenvalue weighted by atomic mass is 35.5. The number of hydrazone groups is 1. The summed E-state index contributed by atoms with van der Waals surface area (Å²) in [6.07, 6.45) is 0. The number of rotatable bonds is 9. The SMILES string of the molecule is COc1ccc(/C(C)=N\NC(=O)CSc2nnc(SCc3ccccc3Cl)s2)cc1. The molecular weight excluding hydrogens is 460 g/mol. The van der Waals surface area contributed by atoms with Gasteiger partial charge in [0.2, 0.25) is 0 Å². The van der Waals surface area contributed by atoms with Gasteiger partial charge in [0, 0.05) is 10.8 Å². The smallest absolute Gasteiger partial charge is 0.250 e. The summed E-state index contributed by atoms with van der Waals surface area (Å²) in [5.74, 6) is 1.50. The number of hydrogen-bond acceptors (Lipinski definition) is 8. The summed E-state index contributed by atoms with van der Waals surface area (Å²) in [6, 6.07) is 15.2. The third-order valence-corrected chi connectivity index (χ3v) is 7.49. The van der Waals surface area contributed by atoms with Crippen LogP contribution in [-0.4, -0.2) is 34.7 Å². The molecule has 3 aromatic rings. The molecule has 0 aliphatic rings. The lowest BCUT2D eigenvalue weighted by Crippen LogP contribution is -2.21. The highest BCUT2D eigenvalue weighted by molar-refractivity contribution is 8.03. The largest absolute Gasteiger partial charge is 0.497 e. The second-order valence-corrected chi connectivity index (χ2v) is 9.79. The molecule has 1 N–H and O–H groups in total. The lowest BCUT2D eigenvalue weighted by molar-refractivity contribution is -0.118. The van der Waals surface area contributed by atoms with Crippen molar-refractivity contribution in [2.24, 2.45) is 5.10 Å². The van der Waals surface area contributed by atoms with Gasteiger partial charge in [-0.25, -0.2) is 5.43 Å². The van der Waals surface area contributed by atoms with Gasteiger partial charge in [-0.3, -0.25) is 4.79 Å². The van der Waals surface area contributed by atoms with Crippen LogP contribution < -0.4 is 10.2 Å². The molecule has 0 unspecified atom stereocenters. The molecule has 156 valence electrons. The number of amides is 1. The lowest BCUT2D eigenvalue weighted by atomic mass is 10.1. The maximum absolute atomic E-state index is 12.1. The number of hydrogen-bond donors (Lipinski definition) is 1. The fraction of sp³-hybridized carbons (Fsp3) is 0.200. The predicted molar refractivity (Wildman–Crippen MR) is 125 cm³/mol. The van der Waals surface area contributed by atoms with Gasteiger partial charge in [-0.2, -0.15) is 5.10 Å². The van der Waals surface area contributed by atoms with Crippen molar-refractivity contribution < 1.29 is 9.53 Å². The number of benzene rings is 2. The first-order valence-electron chi connectivity index (χ1n) is 8.85. The van der Waals surface area contributed by atoms with Crippen LogP contribution in [0.3, 0.4) is 0 Å². The van der Waals surface area contributed by atoms with E-state index in [1.165, 1.54) is 23.1 Å². The molecular formula is C20H19ClN4O2S3. The highest BCUT2D eigenvalue weighted by Crippen LogP contribution is 2.32. The Bertz CT molecular complexity index is 1020. The van der Waals surface area contributed by atoms with Crippen molar-refractivity contribution in [2.75, 3.05) is 12.9 Å². The maximum atomic E-state index is 12.1. The number of carbonyl (C=O) groups excluding carboxylic acids is 1. The third-order valence-electron chi connectivity index (χ3n) is 3.88. The van der Waals surface area contributed by atoms with E-state index >= 15 is 0 Å². The van der Waals surface area contributed by atoms with Crippen LogP contribution in [0.25, 0.3) is 0 Å². The van der Waals surface area contributed by atoms with Crippen molar-refractivity contribution in [2.45, 2.75) is 21.4 Å². The average Bonchev–Trinajstić information content (AvgIpc) is 3.23. The van der Waals surface area contributed by atoms with Crippen LogP contribution in [0.2, 0.25) is 5.02 Å². The second kappa shape index (κ2) is 11.4. The van der Waals surface area contributed by atoms with Crippen LogP contribution in [0.5, 0.6) is 5.75 Å². The van der Waals surface area contributed by atoms with Gasteiger partial charge in [0.15, 0.2) is 8.68 Å². The van der Waals surface area contributed by atoms with E-state index in [-0.39, 0.29) is 11.7 Å². The molecule has 0 atom stereocenters. The second-order valence-electron chi connectivity index (χ2n) is 5.96. The van der Waals surface area contributed by atoms with Crippen molar-refractivity contribution in [3.05, 3.63) is 64.7 Å². The molecule has 0 spiro atoms. The lowest BCUT2D eigenvalue weighted by Gasteiger charge is -2.04. The van der Waals surface area contributed by atoms with Gasteiger partial charge in [0.05, 0.1) is 18.6 Å². The zero-order valence-corrected chi connectivity index (χ0v) is 19.5. The summed E-state index contributed by atoms with van der Waals surface area (Å²) >= 11 is 10.5. The van der Waals surface area contributed by atoms with Gasteiger partial charge in [0.1, 0.15) is 5.75 Å². The minimum Gasteiger partial charge on any atom is -0.497 e. The minimum atomic E-state index is -0.201. The van der Waals surface area contributed by atoms with E-state index < -0.39 is 0 Å². The number of carbonyl (C=O) groups is 1. The third kappa shape index (κ3) is 6.73. The van der Waals surface area contributed by atoms with Crippen LogP contribution in [0.1, 0.15) is 18.1 Å². The van der Waals surface area contributed by atoms with Crippen LogP contribution in [0.15, 0.2) is 62.3 Å². The van der Waals surface area contributed by atoms with E-state index in [2.05, 4.69) is 20.7 Å². The van der Waals surface area contributed by atoms with Crippen LogP contribution in [0.4, 0.5) is 0 Å². The van der Waals surface area contributed by atoms with Crippen molar-refractivity contribution in [1.29, 1.82) is 0 Å². The Hall–Kier alpha value is -2.07. The fourth-order valence-electron chi connectivity index (χ4n) is 2.27. The molecule has 0 radical (unpaired) electrons. The molecule has 10 heteroatoms.